The molecule has 20 heavy (non-hydrogen) atoms. The molecule has 2 aromatic carbocycles. The highest BCUT2D eigenvalue weighted by atomic mass is 16.6. The normalized spacial score (nSPS) is 10.6. The first-order chi connectivity index (χ1) is 9.84. The first kappa shape index (κ1) is 12.4. The van der Waals surface area contributed by atoms with Crippen LogP contribution in [0.25, 0.3) is 11.0 Å². The summed E-state index contributed by atoms with van der Waals surface area (Å²) in [6.07, 6.45) is 1.44. The van der Waals surface area contributed by atoms with Gasteiger partial charge in [-0.3, -0.25) is 9.63 Å². The van der Waals surface area contributed by atoms with Crippen LogP contribution in [-0.2, 0) is 11.4 Å². The van der Waals surface area contributed by atoms with Crippen LogP contribution in [0.1, 0.15) is 15.9 Å². The molecule has 0 aliphatic rings. The molecule has 0 atom stereocenters. The number of furan rings is 1. The number of rotatable bonds is 4. The molecule has 100 valence electrons. The Morgan fingerprint density at radius 3 is 2.65 bits per heavy atom. The zero-order chi connectivity index (χ0) is 13.8. The van der Waals surface area contributed by atoms with Gasteiger partial charge in [0.1, 0.15) is 11.8 Å². The Balaban J connectivity index is 1.65. The van der Waals surface area contributed by atoms with Gasteiger partial charge in [0.2, 0.25) is 0 Å². The lowest BCUT2D eigenvalue weighted by atomic mass is 10.2. The molecule has 4 nitrogen and oxygen atoms in total. The average molecular weight is 267 g/mol. The topological polar surface area (TPSA) is 51.5 Å². The van der Waals surface area contributed by atoms with Crippen molar-refractivity contribution in [1.29, 1.82) is 0 Å². The van der Waals surface area contributed by atoms with Crippen molar-refractivity contribution >= 4 is 16.9 Å². The maximum atomic E-state index is 12.0. The minimum Gasteiger partial charge on any atom is -0.463 e. The standard InChI is InChI=1S/C16H13NO3/c18-16(17-20-10-12-6-2-1-3-7-12)14-11-19-15-9-5-4-8-13(14)15/h1-9,11H,10H2,(H,17,18). The highest BCUT2D eigenvalue weighted by Gasteiger charge is 2.13. The van der Waals surface area contributed by atoms with E-state index in [0.29, 0.717) is 17.8 Å². The highest BCUT2D eigenvalue weighted by molar-refractivity contribution is 6.05. The summed E-state index contributed by atoms with van der Waals surface area (Å²) in [5.41, 5.74) is 4.56. The van der Waals surface area contributed by atoms with Crippen molar-refractivity contribution < 1.29 is 14.0 Å². The molecule has 4 heteroatoms. The van der Waals surface area contributed by atoms with Gasteiger partial charge in [0, 0.05) is 5.39 Å². The zero-order valence-electron chi connectivity index (χ0n) is 10.7. The number of hydrogen-bond donors (Lipinski definition) is 1. The lowest BCUT2D eigenvalue weighted by molar-refractivity contribution is 0.0234. The fourth-order valence-electron chi connectivity index (χ4n) is 1.97. The Kier molecular flexibility index (Phi) is 3.48. The van der Waals surface area contributed by atoms with Gasteiger partial charge < -0.3 is 4.42 Å². The third-order valence-corrected chi connectivity index (χ3v) is 2.97. The lowest BCUT2D eigenvalue weighted by Gasteiger charge is -2.04. The molecular formula is C16H13NO3. The van der Waals surface area contributed by atoms with Gasteiger partial charge in [-0.1, -0.05) is 48.5 Å². The second kappa shape index (κ2) is 5.59. The van der Waals surface area contributed by atoms with Gasteiger partial charge >= 0.3 is 0 Å². The Labute approximate surface area is 115 Å². The number of benzene rings is 2. The molecule has 3 aromatic rings. The molecule has 0 saturated heterocycles. The average Bonchev–Trinajstić information content (AvgIpc) is 2.92. The summed E-state index contributed by atoms with van der Waals surface area (Å²) in [7, 11) is 0. The summed E-state index contributed by atoms with van der Waals surface area (Å²) in [6, 6.07) is 17.0. The Hall–Kier alpha value is -2.59. The molecule has 0 fully saturated rings. The van der Waals surface area contributed by atoms with Gasteiger partial charge in [-0.25, -0.2) is 5.48 Å². The first-order valence-corrected chi connectivity index (χ1v) is 6.27. The fraction of sp³-hybridized carbons (Fsp3) is 0.0625. The van der Waals surface area contributed by atoms with Gasteiger partial charge in [-0.05, 0) is 11.6 Å². The minimum atomic E-state index is -0.314. The van der Waals surface area contributed by atoms with Crippen LogP contribution in [-0.4, -0.2) is 5.91 Å². The van der Waals surface area contributed by atoms with E-state index in [1.165, 1.54) is 6.26 Å². The summed E-state index contributed by atoms with van der Waals surface area (Å²) in [6.45, 7) is 0.322. The molecule has 1 aromatic heterocycles. The highest BCUT2D eigenvalue weighted by Crippen LogP contribution is 2.20. The van der Waals surface area contributed by atoms with Crippen LogP contribution in [0.5, 0.6) is 0 Å². The van der Waals surface area contributed by atoms with Gasteiger partial charge in [-0.15, -0.1) is 0 Å². The van der Waals surface area contributed by atoms with Crippen molar-refractivity contribution in [3.8, 4) is 0 Å². The van der Waals surface area contributed by atoms with Crippen LogP contribution in [0.4, 0.5) is 0 Å². The van der Waals surface area contributed by atoms with Crippen LogP contribution in [0, 0.1) is 0 Å². The summed E-state index contributed by atoms with van der Waals surface area (Å²) in [4.78, 5) is 17.2. The molecule has 0 unspecified atom stereocenters. The van der Waals surface area contributed by atoms with Gasteiger partial charge in [0.15, 0.2) is 0 Å². The predicted molar refractivity (Wildman–Crippen MR) is 74.9 cm³/mol. The van der Waals surface area contributed by atoms with E-state index >= 15 is 0 Å². The van der Waals surface area contributed by atoms with Crippen LogP contribution >= 0.6 is 0 Å². The molecule has 0 bridgehead atoms. The number of carbonyl (C=O) groups is 1. The molecule has 0 spiro atoms. The number of carbonyl (C=O) groups excluding carboxylic acids is 1. The lowest BCUT2D eigenvalue weighted by Crippen LogP contribution is -2.23. The number of amides is 1. The Bertz CT molecular complexity index is 719. The number of hydrogen-bond acceptors (Lipinski definition) is 3. The van der Waals surface area contributed by atoms with Crippen molar-refractivity contribution in [1.82, 2.24) is 5.48 Å². The van der Waals surface area contributed by atoms with Crippen molar-refractivity contribution in [3.05, 3.63) is 72.0 Å². The molecular weight excluding hydrogens is 254 g/mol. The van der Waals surface area contributed by atoms with E-state index in [1.807, 2.05) is 54.6 Å². The molecule has 1 N–H and O–H groups in total. The molecule has 1 heterocycles. The molecule has 3 rings (SSSR count). The van der Waals surface area contributed by atoms with Gasteiger partial charge in [0.25, 0.3) is 5.91 Å². The van der Waals surface area contributed by atoms with E-state index in [0.717, 1.165) is 10.9 Å². The Morgan fingerprint density at radius 1 is 1.05 bits per heavy atom. The smallest absolute Gasteiger partial charge is 0.278 e. The number of fused-ring (bicyclic) bond motifs is 1. The number of hydroxylamine groups is 1. The molecule has 0 aliphatic heterocycles. The first-order valence-electron chi connectivity index (χ1n) is 6.27. The van der Waals surface area contributed by atoms with E-state index in [4.69, 9.17) is 9.25 Å². The quantitative estimate of drug-likeness (QED) is 0.738. The number of para-hydroxylation sites is 1. The van der Waals surface area contributed by atoms with E-state index in [9.17, 15) is 4.79 Å². The maximum Gasteiger partial charge on any atom is 0.278 e. The van der Waals surface area contributed by atoms with Crippen LogP contribution in [0.15, 0.2) is 65.3 Å². The number of nitrogens with one attached hydrogen (secondary N) is 1. The van der Waals surface area contributed by atoms with E-state index in [1.54, 1.807) is 0 Å². The molecule has 0 saturated carbocycles. The maximum absolute atomic E-state index is 12.0. The summed E-state index contributed by atoms with van der Waals surface area (Å²) < 4.78 is 5.32. The van der Waals surface area contributed by atoms with E-state index in [2.05, 4.69) is 5.48 Å². The molecule has 0 radical (unpaired) electrons. The molecule has 1 amide bonds. The van der Waals surface area contributed by atoms with E-state index < -0.39 is 0 Å². The second-order valence-corrected chi connectivity index (χ2v) is 4.35. The SMILES string of the molecule is O=C(NOCc1ccccc1)c1coc2ccccc12. The van der Waals surface area contributed by atoms with Crippen LogP contribution < -0.4 is 5.48 Å². The van der Waals surface area contributed by atoms with Gasteiger partial charge in [0.05, 0.1) is 12.2 Å². The van der Waals surface area contributed by atoms with Gasteiger partial charge in [-0.2, -0.15) is 0 Å². The van der Waals surface area contributed by atoms with Crippen molar-refractivity contribution in [3.63, 3.8) is 0 Å². The third-order valence-electron chi connectivity index (χ3n) is 2.97. The predicted octanol–water partition coefficient (Wildman–Crippen LogP) is 3.29. The monoisotopic (exact) mass is 267 g/mol. The minimum absolute atomic E-state index is 0.314. The third kappa shape index (κ3) is 2.55. The largest absolute Gasteiger partial charge is 0.463 e. The van der Waals surface area contributed by atoms with E-state index in [-0.39, 0.29) is 5.91 Å². The fourth-order valence-corrected chi connectivity index (χ4v) is 1.97. The summed E-state index contributed by atoms with van der Waals surface area (Å²) in [5, 5.41) is 0.772. The van der Waals surface area contributed by atoms with Crippen LogP contribution in [0.3, 0.4) is 0 Å². The summed E-state index contributed by atoms with van der Waals surface area (Å²) in [5.74, 6) is -0.314. The van der Waals surface area contributed by atoms with Crippen LogP contribution in [0.2, 0.25) is 0 Å². The second-order valence-electron chi connectivity index (χ2n) is 4.35. The molecule has 0 aliphatic carbocycles. The summed E-state index contributed by atoms with van der Waals surface area (Å²) >= 11 is 0. The van der Waals surface area contributed by atoms with Crippen molar-refractivity contribution in [2.24, 2.45) is 0 Å². The van der Waals surface area contributed by atoms with Crippen molar-refractivity contribution in [2.45, 2.75) is 6.61 Å². The Morgan fingerprint density at radius 2 is 1.80 bits per heavy atom. The van der Waals surface area contributed by atoms with Crippen molar-refractivity contribution in [2.75, 3.05) is 0 Å². The zero-order valence-corrected chi connectivity index (χ0v) is 10.7.